The highest BCUT2D eigenvalue weighted by Crippen LogP contribution is 2.33. The van der Waals surface area contributed by atoms with E-state index < -0.39 is 5.25 Å². The molecule has 0 saturated carbocycles. The molecule has 140 valence electrons. The monoisotopic (exact) mass is 374 g/mol. The number of para-hydroxylation sites is 1. The van der Waals surface area contributed by atoms with Gasteiger partial charge < -0.3 is 5.32 Å². The van der Waals surface area contributed by atoms with Gasteiger partial charge in [0.1, 0.15) is 5.69 Å². The fourth-order valence-corrected chi connectivity index (χ4v) is 3.31. The van der Waals surface area contributed by atoms with Crippen molar-refractivity contribution >= 4 is 23.4 Å². The lowest BCUT2D eigenvalue weighted by molar-refractivity contribution is -0.115. The highest BCUT2D eigenvalue weighted by molar-refractivity contribution is 8.00. The molecule has 1 unspecified atom stereocenters. The number of H-pyrrole nitrogens is 1. The Kier molecular flexibility index (Phi) is 6.58. The molecule has 0 radical (unpaired) electrons. The van der Waals surface area contributed by atoms with E-state index in [1.54, 1.807) is 13.8 Å². The van der Waals surface area contributed by atoms with Crippen LogP contribution in [0, 0.1) is 6.92 Å². The van der Waals surface area contributed by atoms with Crippen molar-refractivity contribution in [1.82, 2.24) is 15.2 Å². The summed E-state index contributed by atoms with van der Waals surface area (Å²) in [4.78, 5) is 27.0. The van der Waals surface area contributed by atoms with Crippen molar-refractivity contribution in [3.05, 3.63) is 45.4 Å². The number of aromatic nitrogens is 3. The highest BCUT2D eigenvalue weighted by Gasteiger charge is 2.21. The molecule has 26 heavy (non-hydrogen) atoms. The van der Waals surface area contributed by atoms with Gasteiger partial charge in [0.25, 0.3) is 5.56 Å². The summed E-state index contributed by atoms with van der Waals surface area (Å²) in [6, 6.07) is 6.13. The van der Waals surface area contributed by atoms with Crippen LogP contribution in [0.1, 0.15) is 63.3 Å². The van der Waals surface area contributed by atoms with Gasteiger partial charge in [-0.05, 0) is 36.8 Å². The molecule has 1 heterocycles. The summed E-state index contributed by atoms with van der Waals surface area (Å²) in [5.74, 6) is 0.464. The van der Waals surface area contributed by atoms with Crippen molar-refractivity contribution in [2.24, 2.45) is 0 Å². The lowest BCUT2D eigenvalue weighted by atomic mass is 9.92. The number of hydrogen-bond acceptors (Lipinski definition) is 5. The summed E-state index contributed by atoms with van der Waals surface area (Å²) >= 11 is 1.18. The fraction of sp³-hybridized carbons (Fsp3) is 0.474. The third kappa shape index (κ3) is 4.72. The van der Waals surface area contributed by atoms with E-state index in [-0.39, 0.29) is 11.5 Å². The second-order valence-electron chi connectivity index (χ2n) is 6.91. The van der Waals surface area contributed by atoms with E-state index in [9.17, 15) is 9.59 Å². The van der Waals surface area contributed by atoms with Crippen LogP contribution in [-0.4, -0.2) is 26.3 Å². The lowest BCUT2D eigenvalue weighted by Gasteiger charge is -2.21. The Balaban J connectivity index is 2.23. The topological polar surface area (TPSA) is 87.7 Å². The molecule has 1 amide bonds. The number of carbonyl (C=O) groups excluding carboxylic acids is 1. The zero-order valence-electron chi connectivity index (χ0n) is 16.1. The van der Waals surface area contributed by atoms with Crippen LogP contribution in [0.4, 0.5) is 5.69 Å². The largest absolute Gasteiger partial charge is 0.325 e. The maximum atomic E-state index is 12.7. The van der Waals surface area contributed by atoms with Gasteiger partial charge in [-0.3, -0.25) is 14.6 Å². The van der Waals surface area contributed by atoms with Crippen molar-refractivity contribution in [1.29, 1.82) is 0 Å². The van der Waals surface area contributed by atoms with Crippen LogP contribution in [0.2, 0.25) is 0 Å². The van der Waals surface area contributed by atoms with Crippen LogP contribution in [0.5, 0.6) is 0 Å². The Labute approximate surface area is 158 Å². The summed E-state index contributed by atoms with van der Waals surface area (Å²) in [5, 5.41) is 10.7. The number of amides is 1. The summed E-state index contributed by atoms with van der Waals surface area (Å²) < 4.78 is 0. The number of nitrogens with zero attached hydrogens (tertiary/aromatic N) is 2. The van der Waals surface area contributed by atoms with Crippen molar-refractivity contribution in [2.75, 3.05) is 5.32 Å². The Morgan fingerprint density at radius 3 is 2.15 bits per heavy atom. The van der Waals surface area contributed by atoms with Gasteiger partial charge in [-0.25, -0.2) is 0 Å². The van der Waals surface area contributed by atoms with E-state index >= 15 is 0 Å². The molecule has 0 aliphatic heterocycles. The normalized spacial score (nSPS) is 12.5. The minimum atomic E-state index is -0.428. The second kappa shape index (κ2) is 8.49. The summed E-state index contributed by atoms with van der Waals surface area (Å²) in [6.45, 7) is 11.8. The quantitative estimate of drug-likeness (QED) is 0.750. The number of hydrogen-bond donors (Lipinski definition) is 2. The van der Waals surface area contributed by atoms with E-state index in [1.807, 2.05) is 18.2 Å². The van der Waals surface area contributed by atoms with E-state index in [0.29, 0.717) is 22.7 Å². The molecule has 0 spiro atoms. The average Bonchev–Trinajstić information content (AvgIpc) is 2.57. The molecular formula is C19H26N4O2S. The molecule has 1 atom stereocenters. The lowest BCUT2D eigenvalue weighted by Crippen LogP contribution is -2.25. The third-order valence-corrected chi connectivity index (χ3v) is 5.09. The van der Waals surface area contributed by atoms with Crippen molar-refractivity contribution in [3.8, 4) is 0 Å². The number of thioether (sulfide) groups is 1. The predicted octanol–water partition coefficient (Wildman–Crippen LogP) is 3.84. The number of aromatic amines is 1. The van der Waals surface area contributed by atoms with Crippen molar-refractivity contribution < 1.29 is 4.79 Å². The zero-order valence-corrected chi connectivity index (χ0v) is 16.9. The van der Waals surface area contributed by atoms with E-state index in [1.165, 1.54) is 11.8 Å². The van der Waals surface area contributed by atoms with Crippen molar-refractivity contribution in [3.63, 3.8) is 0 Å². The van der Waals surface area contributed by atoms with Gasteiger partial charge in [0, 0.05) is 5.69 Å². The first kappa shape index (κ1) is 20.2. The van der Waals surface area contributed by atoms with Gasteiger partial charge >= 0.3 is 0 Å². The maximum absolute atomic E-state index is 12.7. The van der Waals surface area contributed by atoms with Gasteiger partial charge in [-0.1, -0.05) is 57.7 Å². The molecule has 0 bridgehead atoms. The number of carbonyl (C=O) groups is 1. The number of aryl methyl sites for hydroxylation is 1. The molecule has 0 fully saturated rings. The van der Waals surface area contributed by atoms with E-state index in [2.05, 4.69) is 48.2 Å². The Morgan fingerprint density at radius 2 is 1.65 bits per heavy atom. The van der Waals surface area contributed by atoms with E-state index in [0.717, 1.165) is 16.8 Å². The van der Waals surface area contributed by atoms with Gasteiger partial charge in [-0.15, -0.1) is 10.2 Å². The smallest absolute Gasteiger partial charge is 0.273 e. The van der Waals surface area contributed by atoms with E-state index in [4.69, 9.17) is 0 Å². The first-order valence-electron chi connectivity index (χ1n) is 8.74. The number of nitrogens with one attached hydrogen (secondary N) is 2. The van der Waals surface area contributed by atoms with Gasteiger partial charge in [-0.2, -0.15) is 0 Å². The fourth-order valence-electron chi connectivity index (χ4n) is 2.57. The Morgan fingerprint density at radius 1 is 1.08 bits per heavy atom. The Hall–Kier alpha value is -2.15. The maximum Gasteiger partial charge on any atom is 0.273 e. The molecule has 0 saturated heterocycles. The SMILES string of the molecule is Cc1nnc(SC(C)C(=O)Nc2c(C(C)C)cccc2C(C)C)[nH]c1=O. The van der Waals surface area contributed by atoms with Crippen LogP contribution in [0.3, 0.4) is 0 Å². The Bertz CT molecular complexity index is 819. The molecule has 1 aromatic carbocycles. The molecule has 2 aromatic rings. The predicted molar refractivity (Wildman–Crippen MR) is 106 cm³/mol. The minimum absolute atomic E-state index is 0.131. The molecular weight excluding hydrogens is 348 g/mol. The molecule has 2 rings (SSSR count). The molecule has 6 nitrogen and oxygen atoms in total. The minimum Gasteiger partial charge on any atom is -0.325 e. The third-order valence-electron chi connectivity index (χ3n) is 4.12. The molecule has 1 aromatic heterocycles. The molecule has 7 heteroatoms. The van der Waals surface area contributed by atoms with Gasteiger partial charge in [0.15, 0.2) is 5.16 Å². The average molecular weight is 375 g/mol. The van der Waals surface area contributed by atoms with Crippen LogP contribution >= 0.6 is 11.8 Å². The second-order valence-corrected chi connectivity index (χ2v) is 8.24. The van der Waals surface area contributed by atoms with Crippen LogP contribution in [0.15, 0.2) is 28.2 Å². The van der Waals surface area contributed by atoms with Crippen molar-refractivity contribution in [2.45, 2.75) is 63.8 Å². The first-order valence-corrected chi connectivity index (χ1v) is 9.62. The standard InChI is InChI=1S/C19H26N4O2S/c1-10(2)14-8-7-9-15(11(3)4)16(14)20-18(25)13(6)26-19-21-17(24)12(5)22-23-19/h7-11,13H,1-6H3,(H,20,25)(H,21,23,24). The van der Waals surface area contributed by atoms with Crippen LogP contribution in [0.25, 0.3) is 0 Å². The van der Waals surface area contributed by atoms with Crippen LogP contribution in [-0.2, 0) is 4.79 Å². The summed E-state index contributed by atoms with van der Waals surface area (Å²) in [6.07, 6.45) is 0. The number of anilines is 1. The number of benzene rings is 1. The summed E-state index contributed by atoms with van der Waals surface area (Å²) in [7, 11) is 0. The molecule has 0 aliphatic rings. The van der Waals surface area contributed by atoms with Crippen LogP contribution < -0.4 is 10.9 Å². The highest BCUT2D eigenvalue weighted by atomic mass is 32.2. The molecule has 2 N–H and O–H groups in total. The van der Waals surface area contributed by atoms with Gasteiger partial charge in [0.2, 0.25) is 5.91 Å². The van der Waals surface area contributed by atoms with Gasteiger partial charge in [0.05, 0.1) is 5.25 Å². The first-order chi connectivity index (χ1) is 12.2. The number of rotatable bonds is 6. The summed E-state index contributed by atoms with van der Waals surface area (Å²) in [5.41, 5.74) is 3.13. The zero-order chi connectivity index (χ0) is 19.4. The molecule has 0 aliphatic carbocycles.